The largest absolute Gasteiger partial charge is 0.293 e. The van der Waals surface area contributed by atoms with Crippen LogP contribution in [0.4, 0.5) is 0 Å². The summed E-state index contributed by atoms with van der Waals surface area (Å²) in [6.45, 7) is 5.78. The van der Waals surface area contributed by atoms with Crippen LogP contribution in [0.5, 0.6) is 0 Å². The van der Waals surface area contributed by atoms with Crippen LogP contribution in [-0.2, 0) is 0 Å². The van der Waals surface area contributed by atoms with Crippen molar-refractivity contribution < 1.29 is 4.79 Å². The number of carbonyl (C=O) groups is 1. The van der Waals surface area contributed by atoms with Crippen LogP contribution >= 0.6 is 0 Å². The van der Waals surface area contributed by atoms with E-state index in [1.54, 1.807) is 13.0 Å². The second kappa shape index (κ2) is 4.17. The van der Waals surface area contributed by atoms with Crippen molar-refractivity contribution in [3.05, 3.63) is 29.6 Å². The highest BCUT2D eigenvalue weighted by molar-refractivity contribution is 5.92. The molecule has 1 aromatic heterocycles. The van der Waals surface area contributed by atoms with Crippen LogP contribution in [0.2, 0.25) is 0 Å². The number of pyridine rings is 1. The molecule has 1 unspecified atom stereocenters. The van der Waals surface area contributed by atoms with Gasteiger partial charge in [0.05, 0.1) is 0 Å². The van der Waals surface area contributed by atoms with E-state index in [0.29, 0.717) is 11.6 Å². The molecule has 0 fully saturated rings. The average Bonchev–Trinajstić information content (AvgIpc) is 2.17. The predicted molar refractivity (Wildman–Crippen MR) is 52.9 cm³/mol. The zero-order valence-electron chi connectivity index (χ0n) is 8.37. The van der Waals surface area contributed by atoms with Crippen LogP contribution in [0.15, 0.2) is 18.2 Å². The van der Waals surface area contributed by atoms with Crippen LogP contribution < -0.4 is 0 Å². The number of nitrogens with zero attached hydrogens (tertiary/aromatic N) is 1. The molecule has 0 bridgehead atoms. The van der Waals surface area contributed by atoms with Crippen molar-refractivity contribution in [2.45, 2.75) is 33.1 Å². The summed E-state index contributed by atoms with van der Waals surface area (Å²) in [7, 11) is 0. The molecule has 2 nitrogen and oxygen atoms in total. The van der Waals surface area contributed by atoms with Gasteiger partial charge in [-0.25, -0.2) is 4.98 Å². The average molecular weight is 177 g/mol. The second-order valence-corrected chi connectivity index (χ2v) is 3.31. The summed E-state index contributed by atoms with van der Waals surface area (Å²) in [5, 5.41) is 0. The van der Waals surface area contributed by atoms with Gasteiger partial charge in [-0.2, -0.15) is 0 Å². The van der Waals surface area contributed by atoms with Crippen molar-refractivity contribution in [1.82, 2.24) is 4.98 Å². The number of rotatable bonds is 3. The molecule has 0 aliphatic heterocycles. The molecule has 0 N–H and O–H groups in total. The fourth-order valence-corrected chi connectivity index (χ4v) is 1.13. The smallest absolute Gasteiger partial charge is 0.178 e. The Balaban J connectivity index is 2.98. The highest BCUT2D eigenvalue weighted by atomic mass is 16.1. The second-order valence-electron chi connectivity index (χ2n) is 3.31. The Morgan fingerprint density at radius 3 is 2.77 bits per heavy atom. The molecule has 0 spiro atoms. The minimum absolute atomic E-state index is 0.0325. The Morgan fingerprint density at radius 1 is 1.54 bits per heavy atom. The van der Waals surface area contributed by atoms with Crippen molar-refractivity contribution in [3.8, 4) is 0 Å². The fraction of sp³-hybridized carbons (Fsp3) is 0.455. The van der Waals surface area contributed by atoms with Gasteiger partial charge in [0.1, 0.15) is 5.69 Å². The Morgan fingerprint density at radius 2 is 2.23 bits per heavy atom. The molecule has 2 heteroatoms. The molecular weight excluding hydrogens is 162 g/mol. The van der Waals surface area contributed by atoms with Gasteiger partial charge in [-0.05, 0) is 24.5 Å². The van der Waals surface area contributed by atoms with Gasteiger partial charge < -0.3 is 0 Å². The van der Waals surface area contributed by atoms with E-state index >= 15 is 0 Å². The number of Topliss-reactive ketones (excluding diaryl/α,β-unsaturated/α-hetero) is 1. The van der Waals surface area contributed by atoms with Crippen LogP contribution in [0.1, 0.15) is 49.3 Å². The molecule has 13 heavy (non-hydrogen) atoms. The molecule has 0 amide bonds. The molecule has 1 rings (SSSR count). The third-order valence-corrected chi connectivity index (χ3v) is 2.25. The van der Waals surface area contributed by atoms with Crippen LogP contribution in [0.25, 0.3) is 0 Å². The summed E-state index contributed by atoms with van der Waals surface area (Å²) in [5.74, 6) is 0.462. The van der Waals surface area contributed by atoms with Crippen molar-refractivity contribution in [1.29, 1.82) is 0 Å². The summed E-state index contributed by atoms with van der Waals surface area (Å²) >= 11 is 0. The third kappa shape index (κ3) is 2.38. The van der Waals surface area contributed by atoms with Crippen molar-refractivity contribution >= 4 is 5.78 Å². The van der Waals surface area contributed by atoms with E-state index in [0.717, 1.165) is 12.1 Å². The molecule has 0 aromatic carbocycles. The van der Waals surface area contributed by atoms with Crippen molar-refractivity contribution in [3.63, 3.8) is 0 Å². The van der Waals surface area contributed by atoms with Crippen molar-refractivity contribution in [2.75, 3.05) is 0 Å². The monoisotopic (exact) mass is 177 g/mol. The van der Waals surface area contributed by atoms with E-state index in [1.165, 1.54) is 0 Å². The minimum atomic E-state index is 0.0325. The highest BCUT2D eigenvalue weighted by Crippen LogP contribution is 2.16. The van der Waals surface area contributed by atoms with E-state index in [-0.39, 0.29) is 5.78 Å². The summed E-state index contributed by atoms with van der Waals surface area (Å²) in [4.78, 5) is 15.3. The molecule has 0 aliphatic rings. The van der Waals surface area contributed by atoms with Gasteiger partial charge in [-0.15, -0.1) is 0 Å². The zero-order valence-corrected chi connectivity index (χ0v) is 8.37. The first-order chi connectivity index (χ1) is 6.15. The Labute approximate surface area is 79.0 Å². The first-order valence-corrected chi connectivity index (χ1v) is 4.63. The molecule has 0 aliphatic carbocycles. The van der Waals surface area contributed by atoms with E-state index in [4.69, 9.17) is 0 Å². The van der Waals surface area contributed by atoms with Crippen molar-refractivity contribution in [2.24, 2.45) is 0 Å². The molecular formula is C11H15NO. The van der Waals surface area contributed by atoms with Crippen LogP contribution in [0.3, 0.4) is 0 Å². The minimum Gasteiger partial charge on any atom is -0.293 e. The lowest BCUT2D eigenvalue weighted by Gasteiger charge is -2.07. The van der Waals surface area contributed by atoms with Gasteiger partial charge in [-0.1, -0.05) is 19.9 Å². The van der Waals surface area contributed by atoms with Gasteiger partial charge in [-0.3, -0.25) is 4.79 Å². The number of hydrogen-bond acceptors (Lipinski definition) is 2. The quantitative estimate of drug-likeness (QED) is 0.664. The van der Waals surface area contributed by atoms with Crippen LogP contribution in [0, 0.1) is 0 Å². The lowest BCUT2D eigenvalue weighted by atomic mass is 10.0. The van der Waals surface area contributed by atoms with E-state index < -0.39 is 0 Å². The van der Waals surface area contributed by atoms with E-state index in [1.807, 2.05) is 12.1 Å². The molecule has 1 heterocycles. The maximum Gasteiger partial charge on any atom is 0.178 e. The number of aromatic nitrogens is 1. The molecule has 0 saturated carbocycles. The predicted octanol–water partition coefficient (Wildman–Crippen LogP) is 2.80. The van der Waals surface area contributed by atoms with Gasteiger partial charge in [0.15, 0.2) is 5.78 Å². The van der Waals surface area contributed by atoms with Gasteiger partial charge in [0.25, 0.3) is 0 Å². The van der Waals surface area contributed by atoms with Crippen LogP contribution in [-0.4, -0.2) is 10.8 Å². The molecule has 1 aromatic rings. The standard InChI is InChI=1S/C11H15NO/c1-4-8(2)10-6-5-7-11(12-10)9(3)13/h5-8H,4H2,1-3H3. The van der Waals surface area contributed by atoms with Gasteiger partial charge >= 0.3 is 0 Å². The van der Waals surface area contributed by atoms with Gasteiger partial charge in [0.2, 0.25) is 0 Å². The lowest BCUT2D eigenvalue weighted by molar-refractivity contribution is 0.101. The molecule has 0 saturated heterocycles. The first kappa shape index (κ1) is 9.90. The zero-order chi connectivity index (χ0) is 9.84. The number of hydrogen-bond donors (Lipinski definition) is 0. The Bertz CT molecular complexity index is 307. The summed E-state index contributed by atoms with van der Waals surface area (Å²) < 4.78 is 0. The summed E-state index contributed by atoms with van der Waals surface area (Å²) in [5.41, 5.74) is 1.58. The van der Waals surface area contributed by atoms with Gasteiger partial charge in [0, 0.05) is 12.6 Å². The summed E-state index contributed by atoms with van der Waals surface area (Å²) in [6, 6.07) is 5.63. The fourth-order valence-electron chi connectivity index (χ4n) is 1.13. The normalized spacial score (nSPS) is 12.5. The number of carbonyl (C=O) groups excluding carboxylic acids is 1. The molecule has 0 radical (unpaired) electrons. The van der Waals surface area contributed by atoms with E-state index in [2.05, 4.69) is 18.8 Å². The highest BCUT2D eigenvalue weighted by Gasteiger charge is 2.06. The maximum absolute atomic E-state index is 11.0. The SMILES string of the molecule is CCC(C)c1cccc(C(C)=O)n1. The maximum atomic E-state index is 11.0. The molecule has 70 valence electrons. The third-order valence-electron chi connectivity index (χ3n) is 2.25. The lowest BCUT2D eigenvalue weighted by Crippen LogP contribution is -2.02. The topological polar surface area (TPSA) is 30.0 Å². The molecule has 1 atom stereocenters. The van der Waals surface area contributed by atoms with E-state index in [9.17, 15) is 4.79 Å². The Hall–Kier alpha value is -1.18. The summed E-state index contributed by atoms with van der Waals surface area (Å²) in [6.07, 6.45) is 1.05. The Kier molecular flexibility index (Phi) is 3.18. The number of ketones is 1. The first-order valence-electron chi connectivity index (χ1n) is 4.63.